The number of rotatable bonds is 8. The van der Waals surface area contributed by atoms with Crippen molar-refractivity contribution >= 4 is 34.1 Å². The van der Waals surface area contributed by atoms with Crippen LogP contribution in [0.4, 0.5) is 17.3 Å². The highest BCUT2D eigenvalue weighted by Crippen LogP contribution is 2.39. The standard InChI is InChI=1S/C28H27N5O4/c1-4-7-27(34)30-23-14-22(25(35-3)15-26(23)37-18-11-13-36-17-18)32-28-29-12-10-21(31-28)20-16-33(2)24-9-6-5-8-19(20)24/h5-10,12,14-16,18H,1,11,13,17H2,2-3H3,(H,30,34)(H,29,31,32)/t18-/m0/s1. The lowest BCUT2D eigenvalue weighted by molar-refractivity contribution is -0.111. The van der Waals surface area contributed by atoms with E-state index in [2.05, 4.69) is 50.8 Å². The molecule has 2 N–H and O–H groups in total. The summed E-state index contributed by atoms with van der Waals surface area (Å²) in [4.78, 5) is 21.5. The van der Waals surface area contributed by atoms with Crippen LogP contribution >= 0.6 is 0 Å². The topological polar surface area (TPSA) is 99.5 Å². The normalized spacial score (nSPS) is 14.7. The van der Waals surface area contributed by atoms with Gasteiger partial charge in [0.25, 0.3) is 5.91 Å². The molecule has 5 rings (SSSR count). The van der Waals surface area contributed by atoms with Gasteiger partial charge in [-0.3, -0.25) is 4.79 Å². The number of benzene rings is 2. The predicted octanol–water partition coefficient (Wildman–Crippen LogP) is 4.83. The van der Waals surface area contributed by atoms with E-state index in [4.69, 9.17) is 19.2 Å². The van der Waals surface area contributed by atoms with Gasteiger partial charge in [-0.25, -0.2) is 9.97 Å². The van der Waals surface area contributed by atoms with Crippen LogP contribution in [-0.4, -0.2) is 46.9 Å². The van der Waals surface area contributed by atoms with Crippen LogP contribution in [0.2, 0.25) is 0 Å². The lowest BCUT2D eigenvalue weighted by atomic mass is 10.1. The summed E-state index contributed by atoms with van der Waals surface area (Å²) in [6.07, 6.45) is 5.62. The molecule has 9 heteroatoms. The average Bonchev–Trinajstić information content (AvgIpc) is 3.54. The van der Waals surface area contributed by atoms with Gasteiger partial charge in [0.1, 0.15) is 17.6 Å². The number of nitrogens with one attached hydrogen (secondary N) is 2. The summed E-state index contributed by atoms with van der Waals surface area (Å²) in [6, 6.07) is 13.5. The van der Waals surface area contributed by atoms with E-state index in [9.17, 15) is 4.79 Å². The molecule has 1 fully saturated rings. The summed E-state index contributed by atoms with van der Waals surface area (Å²) in [5, 5.41) is 7.15. The maximum Gasteiger partial charge on any atom is 0.256 e. The number of carbonyl (C=O) groups is 1. The fraction of sp³-hybridized carbons (Fsp3) is 0.214. The molecule has 2 aromatic carbocycles. The molecule has 0 spiro atoms. The number of hydrogen-bond donors (Lipinski definition) is 2. The van der Waals surface area contributed by atoms with E-state index in [-0.39, 0.29) is 12.0 Å². The maximum absolute atomic E-state index is 12.3. The Labute approximate surface area is 214 Å². The predicted molar refractivity (Wildman–Crippen MR) is 142 cm³/mol. The molecule has 1 aliphatic heterocycles. The molecule has 0 bridgehead atoms. The largest absolute Gasteiger partial charge is 0.494 e. The quantitative estimate of drug-likeness (QED) is 0.266. The van der Waals surface area contributed by atoms with Crippen molar-refractivity contribution in [2.45, 2.75) is 12.5 Å². The van der Waals surface area contributed by atoms with Gasteiger partial charge in [0.15, 0.2) is 0 Å². The lowest BCUT2D eigenvalue weighted by Gasteiger charge is -2.19. The van der Waals surface area contributed by atoms with Gasteiger partial charge < -0.3 is 29.4 Å². The van der Waals surface area contributed by atoms with Crippen molar-refractivity contribution in [3.05, 3.63) is 73.2 Å². The molecule has 0 saturated carbocycles. The molecule has 3 heterocycles. The van der Waals surface area contributed by atoms with Gasteiger partial charge in [0.2, 0.25) is 5.95 Å². The number of amides is 1. The Morgan fingerprint density at radius 1 is 1.24 bits per heavy atom. The Kier molecular flexibility index (Phi) is 6.89. The van der Waals surface area contributed by atoms with E-state index in [0.717, 1.165) is 28.6 Å². The van der Waals surface area contributed by atoms with Gasteiger partial charge >= 0.3 is 0 Å². The summed E-state index contributed by atoms with van der Waals surface area (Å²) >= 11 is 0. The second-order valence-electron chi connectivity index (χ2n) is 8.55. The second-order valence-corrected chi connectivity index (χ2v) is 8.55. The first-order valence-electron chi connectivity index (χ1n) is 11.8. The molecule has 188 valence electrons. The first-order valence-corrected chi connectivity index (χ1v) is 11.8. The second kappa shape index (κ2) is 10.6. The van der Waals surface area contributed by atoms with Crippen LogP contribution < -0.4 is 20.1 Å². The maximum atomic E-state index is 12.3. The number of anilines is 3. The highest BCUT2D eigenvalue weighted by Gasteiger charge is 2.21. The van der Waals surface area contributed by atoms with Crippen LogP contribution in [0.25, 0.3) is 22.2 Å². The Hall–Kier alpha value is -4.59. The van der Waals surface area contributed by atoms with E-state index in [1.165, 1.54) is 6.08 Å². The smallest absolute Gasteiger partial charge is 0.256 e. The Morgan fingerprint density at radius 2 is 2.11 bits per heavy atom. The summed E-state index contributed by atoms with van der Waals surface area (Å²) in [5.74, 6) is 0.970. The van der Waals surface area contributed by atoms with Crippen molar-refractivity contribution in [1.82, 2.24) is 14.5 Å². The Balaban J connectivity index is 1.50. The van der Waals surface area contributed by atoms with Crippen molar-refractivity contribution in [3.63, 3.8) is 0 Å². The highest BCUT2D eigenvalue weighted by atomic mass is 16.5. The molecule has 1 saturated heterocycles. The van der Waals surface area contributed by atoms with Gasteiger partial charge in [0, 0.05) is 54.5 Å². The van der Waals surface area contributed by atoms with E-state index in [0.29, 0.717) is 42.0 Å². The van der Waals surface area contributed by atoms with Crippen LogP contribution in [-0.2, 0) is 16.6 Å². The van der Waals surface area contributed by atoms with Crippen molar-refractivity contribution in [2.75, 3.05) is 31.0 Å². The molecule has 0 aliphatic carbocycles. The molecule has 0 radical (unpaired) electrons. The molecule has 1 aliphatic rings. The van der Waals surface area contributed by atoms with Crippen molar-refractivity contribution in [3.8, 4) is 22.8 Å². The molecule has 9 nitrogen and oxygen atoms in total. The summed E-state index contributed by atoms with van der Waals surface area (Å²) in [7, 11) is 3.57. The van der Waals surface area contributed by atoms with Crippen LogP contribution in [0.1, 0.15) is 6.42 Å². The number of carbonyl (C=O) groups excluding carboxylic acids is 1. The molecule has 0 unspecified atom stereocenters. The first kappa shape index (κ1) is 24.1. The van der Waals surface area contributed by atoms with E-state index in [1.807, 2.05) is 25.2 Å². The van der Waals surface area contributed by atoms with E-state index < -0.39 is 0 Å². The third kappa shape index (κ3) is 5.18. The minimum atomic E-state index is -0.382. The zero-order valence-corrected chi connectivity index (χ0v) is 20.7. The molecule has 1 amide bonds. The fourth-order valence-electron chi connectivity index (χ4n) is 4.31. The van der Waals surface area contributed by atoms with Crippen molar-refractivity contribution in [1.29, 1.82) is 0 Å². The number of para-hydroxylation sites is 1. The van der Waals surface area contributed by atoms with Crippen LogP contribution in [0, 0.1) is 0 Å². The number of methoxy groups -OCH3 is 1. The Bertz CT molecular complexity index is 1500. The SMILES string of the molecule is C=C=CC(=O)Nc1cc(Nc2nccc(-c3cn(C)c4ccccc34)n2)c(OC)cc1O[C@H]1CCOC1. The molecule has 37 heavy (non-hydrogen) atoms. The molecule has 4 aromatic rings. The van der Waals surface area contributed by atoms with Crippen molar-refractivity contribution < 1.29 is 19.0 Å². The average molecular weight is 498 g/mol. The van der Waals surface area contributed by atoms with Gasteiger partial charge in [-0.15, -0.1) is 5.73 Å². The number of hydrogen-bond acceptors (Lipinski definition) is 7. The van der Waals surface area contributed by atoms with Gasteiger partial charge in [-0.05, 0) is 18.2 Å². The third-order valence-corrected chi connectivity index (χ3v) is 6.05. The number of aryl methyl sites for hydroxylation is 1. The van der Waals surface area contributed by atoms with Crippen LogP contribution in [0.15, 0.2) is 73.2 Å². The van der Waals surface area contributed by atoms with E-state index >= 15 is 0 Å². The minimum absolute atomic E-state index is 0.116. The highest BCUT2D eigenvalue weighted by molar-refractivity contribution is 6.01. The first-order chi connectivity index (χ1) is 18.1. The molecular formula is C28H27N5O4. The van der Waals surface area contributed by atoms with Gasteiger partial charge in [-0.2, -0.15) is 0 Å². The summed E-state index contributed by atoms with van der Waals surface area (Å²) in [5.41, 5.74) is 6.39. The number of ether oxygens (including phenoxy) is 3. The van der Waals surface area contributed by atoms with E-state index in [1.54, 1.807) is 25.4 Å². The summed E-state index contributed by atoms with van der Waals surface area (Å²) in [6.45, 7) is 4.58. The fourth-order valence-corrected chi connectivity index (χ4v) is 4.31. The number of aromatic nitrogens is 3. The number of fused-ring (bicyclic) bond motifs is 1. The lowest BCUT2D eigenvalue weighted by Crippen LogP contribution is -2.18. The van der Waals surface area contributed by atoms with Crippen LogP contribution in [0.3, 0.4) is 0 Å². The third-order valence-electron chi connectivity index (χ3n) is 6.05. The van der Waals surface area contributed by atoms with Crippen LogP contribution in [0.5, 0.6) is 11.5 Å². The zero-order chi connectivity index (χ0) is 25.8. The van der Waals surface area contributed by atoms with Gasteiger partial charge in [0.05, 0.1) is 37.4 Å². The van der Waals surface area contributed by atoms with Crippen molar-refractivity contribution in [2.24, 2.45) is 7.05 Å². The zero-order valence-electron chi connectivity index (χ0n) is 20.7. The Morgan fingerprint density at radius 3 is 2.89 bits per heavy atom. The molecule has 2 aromatic heterocycles. The molecule has 1 atom stereocenters. The molecular weight excluding hydrogens is 470 g/mol. The van der Waals surface area contributed by atoms with Gasteiger partial charge in [-0.1, -0.05) is 24.8 Å². The minimum Gasteiger partial charge on any atom is -0.494 e. The summed E-state index contributed by atoms with van der Waals surface area (Å²) < 4.78 is 19.3. The number of nitrogens with zero attached hydrogens (tertiary/aromatic N) is 3. The monoisotopic (exact) mass is 497 g/mol.